The molecule has 2 aromatic carbocycles. The highest BCUT2D eigenvalue weighted by Crippen LogP contribution is 2.29. The number of carbonyl (C=O) groups excluding carboxylic acids is 3. The van der Waals surface area contributed by atoms with Crippen molar-refractivity contribution in [2.75, 3.05) is 5.32 Å². The summed E-state index contributed by atoms with van der Waals surface area (Å²) in [5, 5.41) is 2.37. The molecule has 8 heteroatoms. The fourth-order valence-electron chi connectivity index (χ4n) is 2.40. The topological polar surface area (TPSA) is 72.5 Å². The second-order valence-electron chi connectivity index (χ2n) is 6.49. The van der Waals surface area contributed by atoms with Crippen molar-refractivity contribution in [2.24, 2.45) is 0 Å². The van der Waals surface area contributed by atoms with Crippen LogP contribution in [0.15, 0.2) is 48.5 Å². The Hall–Kier alpha value is -3.16. The maximum absolute atomic E-state index is 12.5. The van der Waals surface area contributed by atoms with Crippen LogP contribution in [0.3, 0.4) is 0 Å². The molecule has 1 N–H and O–H groups in total. The van der Waals surface area contributed by atoms with E-state index in [1.807, 2.05) is 6.92 Å². The smallest absolute Gasteiger partial charge is 0.416 e. The summed E-state index contributed by atoms with van der Waals surface area (Å²) < 4.78 is 42.6. The number of aryl methyl sites for hydroxylation is 1. The normalized spacial score (nSPS) is 12.2. The molecule has 0 aromatic heterocycles. The molecule has 154 valence electrons. The number of ether oxygens (including phenoxy) is 1. The average Bonchev–Trinajstić information content (AvgIpc) is 2.66. The molecular weight excluding hydrogens is 387 g/mol. The third-order valence-corrected chi connectivity index (χ3v) is 4.09. The third-order valence-electron chi connectivity index (χ3n) is 4.09. The molecule has 29 heavy (non-hydrogen) atoms. The van der Waals surface area contributed by atoms with Crippen LogP contribution in [-0.4, -0.2) is 23.8 Å². The van der Waals surface area contributed by atoms with Gasteiger partial charge in [0.05, 0.1) is 12.0 Å². The molecule has 5 nitrogen and oxygen atoms in total. The molecule has 0 aliphatic carbocycles. The van der Waals surface area contributed by atoms with Gasteiger partial charge in [-0.05, 0) is 38.1 Å². The number of hydrogen-bond acceptors (Lipinski definition) is 4. The Balaban J connectivity index is 1.81. The number of Topliss-reactive ketones (excluding diaryl/α,β-unsaturated/α-hetero) is 1. The first-order valence-corrected chi connectivity index (χ1v) is 8.84. The summed E-state index contributed by atoms with van der Waals surface area (Å²) in [7, 11) is 0. The van der Waals surface area contributed by atoms with E-state index in [1.54, 1.807) is 24.3 Å². The molecule has 0 heterocycles. The molecule has 0 aliphatic heterocycles. The van der Waals surface area contributed by atoms with Crippen LogP contribution in [0, 0.1) is 6.92 Å². The summed E-state index contributed by atoms with van der Waals surface area (Å²) in [4.78, 5) is 36.0. The summed E-state index contributed by atoms with van der Waals surface area (Å²) in [6.45, 7) is 3.22. The van der Waals surface area contributed by atoms with Crippen LogP contribution < -0.4 is 5.32 Å². The molecule has 2 rings (SSSR count). The SMILES string of the molecule is Cc1ccc(C(=O)CCC(=O)OC(C)C(=O)Nc2ccc(C(F)(F)F)cc2)cc1. The van der Waals surface area contributed by atoms with Crippen LogP contribution in [-0.2, 0) is 20.5 Å². The molecule has 0 radical (unpaired) electrons. The van der Waals surface area contributed by atoms with Gasteiger partial charge >= 0.3 is 12.1 Å². The first kappa shape index (κ1) is 22.1. The number of amides is 1. The third kappa shape index (κ3) is 6.74. The number of anilines is 1. The number of hydrogen-bond donors (Lipinski definition) is 1. The van der Waals surface area contributed by atoms with Crippen molar-refractivity contribution in [2.45, 2.75) is 39.0 Å². The zero-order valence-corrected chi connectivity index (χ0v) is 15.9. The molecule has 0 fully saturated rings. The van der Waals surface area contributed by atoms with Crippen LogP contribution in [0.4, 0.5) is 18.9 Å². The Morgan fingerprint density at radius 2 is 1.55 bits per heavy atom. The molecule has 0 bridgehead atoms. The summed E-state index contributed by atoms with van der Waals surface area (Å²) >= 11 is 0. The zero-order chi connectivity index (χ0) is 21.6. The van der Waals surface area contributed by atoms with E-state index < -0.39 is 29.7 Å². The lowest BCUT2D eigenvalue weighted by molar-refractivity contribution is -0.153. The molecule has 2 aromatic rings. The fourth-order valence-corrected chi connectivity index (χ4v) is 2.40. The van der Waals surface area contributed by atoms with E-state index in [-0.39, 0.29) is 24.3 Å². The van der Waals surface area contributed by atoms with Gasteiger partial charge in [0, 0.05) is 17.7 Å². The van der Waals surface area contributed by atoms with Crippen molar-refractivity contribution in [3.05, 3.63) is 65.2 Å². The van der Waals surface area contributed by atoms with Crippen LogP contribution in [0.25, 0.3) is 0 Å². The highest BCUT2D eigenvalue weighted by molar-refractivity contribution is 5.98. The van der Waals surface area contributed by atoms with Gasteiger partial charge in [0.1, 0.15) is 0 Å². The van der Waals surface area contributed by atoms with Gasteiger partial charge in [0.2, 0.25) is 0 Å². The highest BCUT2D eigenvalue weighted by atomic mass is 19.4. The van der Waals surface area contributed by atoms with Crippen molar-refractivity contribution in [1.82, 2.24) is 0 Å². The lowest BCUT2D eigenvalue weighted by Crippen LogP contribution is -2.30. The van der Waals surface area contributed by atoms with Gasteiger partial charge in [-0.1, -0.05) is 29.8 Å². The Morgan fingerprint density at radius 1 is 0.966 bits per heavy atom. The Labute approximate surface area is 165 Å². The lowest BCUT2D eigenvalue weighted by atomic mass is 10.1. The van der Waals surface area contributed by atoms with Crippen molar-refractivity contribution >= 4 is 23.3 Å². The number of benzene rings is 2. The predicted molar refractivity (Wildman–Crippen MR) is 100 cm³/mol. The van der Waals surface area contributed by atoms with Gasteiger partial charge in [0.15, 0.2) is 11.9 Å². The Morgan fingerprint density at radius 3 is 2.10 bits per heavy atom. The molecular formula is C21H20F3NO4. The minimum Gasteiger partial charge on any atom is -0.453 e. The largest absolute Gasteiger partial charge is 0.453 e. The molecule has 0 aliphatic rings. The highest BCUT2D eigenvalue weighted by Gasteiger charge is 2.30. The first-order valence-electron chi connectivity index (χ1n) is 8.84. The van der Waals surface area contributed by atoms with Crippen molar-refractivity contribution < 1.29 is 32.3 Å². The molecule has 1 amide bonds. The van der Waals surface area contributed by atoms with Gasteiger partial charge in [-0.25, -0.2) is 0 Å². The summed E-state index contributed by atoms with van der Waals surface area (Å²) in [6, 6.07) is 10.8. The molecule has 0 spiro atoms. The number of nitrogens with one attached hydrogen (secondary N) is 1. The Kier molecular flexibility index (Phi) is 7.14. The second kappa shape index (κ2) is 9.36. The second-order valence-corrected chi connectivity index (χ2v) is 6.49. The zero-order valence-electron chi connectivity index (χ0n) is 15.9. The fraction of sp³-hybridized carbons (Fsp3) is 0.286. The van der Waals surface area contributed by atoms with Crippen LogP contribution in [0.1, 0.15) is 41.3 Å². The number of ketones is 1. The van der Waals surface area contributed by atoms with E-state index in [1.165, 1.54) is 6.92 Å². The number of esters is 1. The van der Waals surface area contributed by atoms with Crippen LogP contribution in [0.2, 0.25) is 0 Å². The quantitative estimate of drug-likeness (QED) is 0.540. The van der Waals surface area contributed by atoms with Crippen molar-refractivity contribution in [3.63, 3.8) is 0 Å². The van der Waals surface area contributed by atoms with Crippen LogP contribution >= 0.6 is 0 Å². The molecule has 0 saturated heterocycles. The maximum atomic E-state index is 12.5. The monoisotopic (exact) mass is 407 g/mol. The molecule has 1 unspecified atom stereocenters. The predicted octanol–water partition coefficient (Wildman–Crippen LogP) is 4.55. The number of carbonyl (C=O) groups is 3. The van der Waals surface area contributed by atoms with E-state index in [9.17, 15) is 27.6 Å². The average molecular weight is 407 g/mol. The van der Waals surface area contributed by atoms with Crippen molar-refractivity contribution in [3.8, 4) is 0 Å². The minimum absolute atomic E-state index is 0.0604. The van der Waals surface area contributed by atoms with Crippen LogP contribution in [0.5, 0.6) is 0 Å². The number of halogens is 3. The van der Waals surface area contributed by atoms with E-state index in [4.69, 9.17) is 4.74 Å². The lowest BCUT2D eigenvalue weighted by Gasteiger charge is -2.14. The summed E-state index contributed by atoms with van der Waals surface area (Å²) in [5.74, 6) is -1.63. The number of rotatable bonds is 7. The first-order chi connectivity index (χ1) is 13.6. The van der Waals surface area contributed by atoms with Gasteiger partial charge in [0.25, 0.3) is 5.91 Å². The van der Waals surface area contributed by atoms with E-state index in [0.717, 1.165) is 29.8 Å². The maximum Gasteiger partial charge on any atom is 0.416 e. The van der Waals surface area contributed by atoms with Gasteiger partial charge < -0.3 is 10.1 Å². The van der Waals surface area contributed by atoms with Gasteiger partial charge in [-0.2, -0.15) is 13.2 Å². The van der Waals surface area contributed by atoms with E-state index in [0.29, 0.717) is 5.56 Å². The standard InChI is InChI=1S/C21H20F3NO4/c1-13-3-5-15(6-4-13)18(26)11-12-19(27)29-14(2)20(28)25-17-9-7-16(8-10-17)21(22,23)24/h3-10,14H,11-12H2,1-2H3,(H,25,28). The molecule has 0 saturated carbocycles. The van der Waals surface area contributed by atoms with Gasteiger partial charge in [-0.3, -0.25) is 14.4 Å². The summed E-state index contributed by atoms with van der Waals surface area (Å²) in [5.41, 5.74) is 0.791. The minimum atomic E-state index is -4.47. The van der Waals surface area contributed by atoms with Crippen molar-refractivity contribution in [1.29, 1.82) is 0 Å². The summed E-state index contributed by atoms with van der Waals surface area (Å²) in [6.07, 6.45) is -5.89. The van der Waals surface area contributed by atoms with E-state index in [2.05, 4.69) is 5.32 Å². The van der Waals surface area contributed by atoms with Gasteiger partial charge in [-0.15, -0.1) is 0 Å². The van der Waals surface area contributed by atoms with E-state index >= 15 is 0 Å². The Bertz CT molecular complexity index is 874. The molecule has 1 atom stereocenters. The number of alkyl halides is 3.